The molecule has 1 heterocycles. The number of benzene rings is 1. The molecule has 0 fully saturated rings. The SMILES string of the molecule is COC(=O)c1cc(S(=O)(=O)N(C)CC(=O)Nc2cccc3c2CCCC3)cn1C. The number of nitrogens with one attached hydrogen (secondary N) is 1. The van der Waals surface area contributed by atoms with Crippen molar-refractivity contribution in [2.75, 3.05) is 26.0 Å². The molecule has 8 nitrogen and oxygen atoms in total. The number of anilines is 1. The van der Waals surface area contributed by atoms with Crippen molar-refractivity contribution in [3.8, 4) is 0 Å². The Bertz CT molecular complexity index is 1040. The predicted octanol–water partition coefficient (Wildman–Crippen LogP) is 1.95. The number of rotatable bonds is 6. The molecule has 9 heteroatoms. The molecule has 156 valence electrons. The van der Waals surface area contributed by atoms with Gasteiger partial charge in [0.05, 0.1) is 13.7 Å². The highest BCUT2D eigenvalue weighted by Gasteiger charge is 2.27. The lowest BCUT2D eigenvalue weighted by Gasteiger charge is -2.21. The fraction of sp³-hybridized carbons (Fsp3) is 0.400. The number of fused-ring (bicyclic) bond motifs is 1. The number of aromatic nitrogens is 1. The number of amides is 1. The standard InChI is InChI=1S/C20H25N3O5S/c1-22-12-15(11-18(22)20(25)28-3)29(26,27)23(2)13-19(24)21-17-10-6-8-14-7-4-5-9-16(14)17/h6,8,10-12H,4-5,7,9,13H2,1-3H3,(H,21,24). The van der Waals surface area contributed by atoms with Gasteiger partial charge in [-0.1, -0.05) is 12.1 Å². The molecule has 1 N–H and O–H groups in total. The predicted molar refractivity (Wildman–Crippen MR) is 108 cm³/mol. The molecule has 0 radical (unpaired) electrons. The zero-order chi connectivity index (χ0) is 21.2. The van der Waals surface area contributed by atoms with E-state index in [0.29, 0.717) is 0 Å². The fourth-order valence-electron chi connectivity index (χ4n) is 3.54. The molecule has 1 aromatic carbocycles. The molecule has 3 rings (SSSR count). The van der Waals surface area contributed by atoms with Crippen LogP contribution in [0.15, 0.2) is 35.4 Å². The van der Waals surface area contributed by atoms with E-state index < -0.39 is 21.9 Å². The summed E-state index contributed by atoms with van der Waals surface area (Å²) in [6, 6.07) is 7.05. The van der Waals surface area contributed by atoms with Crippen LogP contribution in [0.3, 0.4) is 0 Å². The fourth-order valence-corrected chi connectivity index (χ4v) is 4.74. The molecule has 0 aliphatic heterocycles. The van der Waals surface area contributed by atoms with Crippen LogP contribution in [-0.4, -0.2) is 49.9 Å². The minimum atomic E-state index is -3.94. The van der Waals surface area contributed by atoms with Crippen LogP contribution in [0.1, 0.15) is 34.5 Å². The highest BCUT2D eigenvalue weighted by molar-refractivity contribution is 7.89. The summed E-state index contributed by atoms with van der Waals surface area (Å²) >= 11 is 0. The van der Waals surface area contributed by atoms with Gasteiger partial charge >= 0.3 is 5.97 Å². The topological polar surface area (TPSA) is 97.7 Å². The van der Waals surface area contributed by atoms with E-state index in [0.717, 1.165) is 41.2 Å². The van der Waals surface area contributed by atoms with E-state index in [2.05, 4.69) is 16.1 Å². The number of ether oxygens (including phenoxy) is 1. The van der Waals surface area contributed by atoms with Crippen LogP contribution in [-0.2, 0) is 39.4 Å². The van der Waals surface area contributed by atoms with Crippen molar-refractivity contribution in [3.63, 3.8) is 0 Å². The molecule has 1 aromatic heterocycles. The summed E-state index contributed by atoms with van der Waals surface area (Å²) in [4.78, 5) is 24.2. The maximum atomic E-state index is 12.8. The second kappa shape index (κ2) is 8.38. The van der Waals surface area contributed by atoms with Gasteiger partial charge in [0.2, 0.25) is 15.9 Å². The van der Waals surface area contributed by atoms with Gasteiger partial charge in [0.15, 0.2) is 0 Å². The van der Waals surface area contributed by atoms with Crippen LogP contribution >= 0.6 is 0 Å². The van der Waals surface area contributed by atoms with Crippen molar-refractivity contribution in [3.05, 3.63) is 47.3 Å². The molecule has 0 unspecified atom stereocenters. The normalized spacial score (nSPS) is 13.8. The van der Waals surface area contributed by atoms with Gasteiger partial charge in [0.25, 0.3) is 0 Å². The van der Waals surface area contributed by atoms with Crippen LogP contribution in [0.25, 0.3) is 0 Å². The van der Waals surface area contributed by atoms with E-state index in [1.54, 1.807) is 7.05 Å². The first-order chi connectivity index (χ1) is 13.7. The third-order valence-corrected chi connectivity index (χ3v) is 6.89. The van der Waals surface area contributed by atoms with Gasteiger partial charge in [-0.2, -0.15) is 4.31 Å². The van der Waals surface area contributed by atoms with Crippen molar-refractivity contribution < 1.29 is 22.7 Å². The summed E-state index contributed by atoms with van der Waals surface area (Å²) in [6.45, 7) is -0.339. The number of hydrogen-bond donors (Lipinski definition) is 1. The Kier molecular flexibility index (Phi) is 6.09. The van der Waals surface area contributed by atoms with Gasteiger partial charge in [0, 0.05) is 26.0 Å². The minimum Gasteiger partial charge on any atom is -0.464 e. The van der Waals surface area contributed by atoms with E-state index in [1.807, 2.05) is 12.1 Å². The summed E-state index contributed by atoms with van der Waals surface area (Å²) in [6.07, 6.45) is 5.42. The summed E-state index contributed by atoms with van der Waals surface area (Å²) in [5.74, 6) is -1.05. The number of esters is 1. The highest BCUT2D eigenvalue weighted by atomic mass is 32.2. The summed E-state index contributed by atoms with van der Waals surface area (Å²) in [5, 5.41) is 2.84. The zero-order valence-corrected chi connectivity index (χ0v) is 17.6. The second-order valence-electron chi connectivity index (χ2n) is 7.12. The van der Waals surface area contributed by atoms with Crippen molar-refractivity contribution in [2.24, 2.45) is 7.05 Å². The Balaban J connectivity index is 1.73. The lowest BCUT2D eigenvalue weighted by Crippen LogP contribution is -2.35. The molecule has 0 spiro atoms. The first-order valence-corrected chi connectivity index (χ1v) is 10.8. The van der Waals surface area contributed by atoms with Gasteiger partial charge in [-0.05, 0) is 48.9 Å². The monoisotopic (exact) mass is 419 g/mol. The van der Waals surface area contributed by atoms with Crippen LogP contribution in [0.2, 0.25) is 0 Å². The molecule has 0 saturated heterocycles. The third-order valence-electron chi connectivity index (χ3n) is 5.12. The number of carbonyl (C=O) groups excluding carboxylic acids is 2. The van der Waals surface area contributed by atoms with Crippen molar-refractivity contribution in [1.29, 1.82) is 0 Å². The minimum absolute atomic E-state index is 0.0761. The van der Waals surface area contributed by atoms with Crippen molar-refractivity contribution in [2.45, 2.75) is 30.6 Å². The van der Waals surface area contributed by atoms with Gasteiger partial charge in [0.1, 0.15) is 10.6 Å². The van der Waals surface area contributed by atoms with Crippen LogP contribution in [0.5, 0.6) is 0 Å². The van der Waals surface area contributed by atoms with Gasteiger partial charge in [-0.25, -0.2) is 13.2 Å². The van der Waals surface area contributed by atoms with Crippen LogP contribution in [0.4, 0.5) is 5.69 Å². The molecule has 0 bridgehead atoms. The Morgan fingerprint density at radius 3 is 2.69 bits per heavy atom. The summed E-state index contributed by atoms with van der Waals surface area (Å²) < 4.78 is 32.6. The number of hydrogen-bond acceptors (Lipinski definition) is 5. The van der Waals surface area contributed by atoms with Crippen molar-refractivity contribution in [1.82, 2.24) is 8.87 Å². The molecule has 29 heavy (non-hydrogen) atoms. The molecule has 0 atom stereocenters. The number of nitrogens with zero attached hydrogens (tertiary/aromatic N) is 2. The van der Waals surface area contributed by atoms with E-state index in [9.17, 15) is 18.0 Å². The maximum Gasteiger partial charge on any atom is 0.354 e. The molecule has 1 aliphatic rings. The van der Waals surface area contributed by atoms with Gasteiger partial charge in [-0.15, -0.1) is 0 Å². The zero-order valence-electron chi connectivity index (χ0n) is 16.8. The smallest absolute Gasteiger partial charge is 0.354 e. The maximum absolute atomic E-state index is 12.8. The third kappa shape index (κ3) is 4.35. The first kappa shape index (κ1) is 21.1. The van der Waals surface area contributed by atoms with Crippen LogP contribution < -0.4 is 5.32 Å². The molecule has 1 amide bonds. The van der Waals surface area contributed by atoms with Crippen LogP contribution in [0, 0.1) is 0 Å². The first-order valence-electron chi connectivity index (χ1n) is 9.35. The molecule has 0 saturated carbocycles. The largest absolute Gasteiger partial charge is 0.464 e. The number of methoxy groups -OCH3 is 1. The van der Waals surface area contributed by atoms with Crippen molar-refractivity contribution >= 4 is 27.6 Å². The number of aryl methyl sites for hydroxylation is 2. The van der Waals surface area contributed by atoms with Gasteiger partial charge < -0.3 is 14.6 Å². The lowest BCUT2D eigenvalue weighted by molar-refractivity contribution is -0.116. The Hall–Kier alpha value is -2.65. The Morgan fingerprint density at radius 2 is 1.97 bits per heavy atom. The highest BCUT2D eigenvalue weighted by Crippen LogP contribution is 2.28. The second-order valence-corrected chi connectivity index (χ2v) is 9.17. The number of carbonyl (C=O) groups is 2. The van der Waals surface area contributed by atoms with E-state index in [1.165, 1.54) is 36.6 Å². The average Bonchev–Trinajstić information content (AvgIpc) is 3.10. The number of likely N-dealkylation sites (N-methyl/N-ethyl adjacent to an activating group) is 1. The Labute approximate surface area is 170 Å². The van der Waals surface area contributed by atoms with E-state index >= 15 is 0 Å². The number of sulfonamides is 1. The summed E-state index contributed by atoms with van der Waals surface area (Å²) in [5.41, 5.74) is 3.21. The molecule has 2 aromatic rings. The average molecular weight is 420 g/mol. The molecular weight excluding hydrogens is 394 g/mol. The molecular formula is C20H25N3O5S. The van der Waals surface area contributed by atoms with Gasteiger partial charge in [-0.3, -0.25) is 4.79 Å². The lowest BCUT2D eigenvalue weighted by atomic mass is 9.90. The summed E-state index contributed by atoms with van der Waals surface area (Å²) in [7, 11) is 0.167. The molecule has 1 aliphatic carbocycles. The Morgan fingerprint density at radius 1 is 1.24 bits per heavy atom. The quantitative estimate of drug-likeness (QED) is 0.722. The van der Waals surface area contributed by atoms with E-state index in [4.69, 9.17) is 0 Å². The van der Waals surface area contributed by atoms with E-state index in [-0.39, 0.29) is 17.1 Å².